The van der Waals surface area contributed by atoms with Crippen LogP contribution in [0.4, 0.5) is 0 Å². The van der Waals surface area contributed by atoms with E-state index < -0.39 is 15.7 Å². The van der Waals surface area contributed by atoms with Gasteiger partial charge in [0.15, 0.2) is 9.84 Å². The van der Waals surface area contributed by atoms with E-state index in [4.69, 9.17) is 0 Å². The Morgan fingerprint density at radius 3 is 2.32 bits per heavy atom. The highest BCUT2D eigenvalue weighted by molar-refractivity contribution is 7.90. The normalized spacial score (nSPS) is 11.3. The van der Waals surface area contributed by atoms with E-state index in [0.717, 1.165) is 6.26 Å². The lowest BCUT2D eigenvalue weighted by atomic mass is 10.2. The third-order valence-electron chi connectivity index (χ3n) is 2.97. The van der Waals surface area contributed by atoms with E-state index in [-0.39, 0.29) is 29.0 Å². The number of carbonyl (C=O) groups excluding carboxylic acids is 2. The van der Waals surface area contributed by atoms with Crippen molar-refractivity contribution in [3.8, 4) is 0 Å². The Labute approximate surface area is 131 Å². The van der Waals surface area contributed by atoms with Gasteiger partial charge in [0.2, 0.25) is 5.91 Å². The molecule has 2 amide bonds. The second kappa shape index (κ2) is 7.40. The van der Waals surface area contributed by atoms with E-state index in [1.165, 1.54) is 17.0 Å². The monoisotopic (exact) mass is 326 g/mol. The minimum absolute atomic E-state index is 0.0235. The molecule has 0 spiro atoms. The van der Waals surface area contributed by atoms with Crippen LogP contribution in [-0.2, 0) is 14.6 Å². The van der Waals surface area contributed by atoms with E-state index in [0.29, 0.717) is 6.54 Å². The van der Waals surface area contributed by atoms with Gasteiger partial charge in [-0.2, -0.15) is 0 Å². The molecule has 0 aliphatic rings. The Bertz CT molecular complexity index is 653. The van der Waals surface area contributed by atoms with Crippen molar-refractivity contribution in [2.75, 3.05) is 19.3 Å². The number of benzene rings is 1. The van der Waals surface area contributed by atoms with Gasteiger partial charge in [-0.3, -0.25) is 9.59 Å². The van der Waals surface area contributed by atoms with Gasteiger partial charge < -0.3 is 10.2 Å². The van der Waals surface area contributed by atoms with Crippen LogP contribution in [0.2, 0.25) is 0 Å². The first-order valence-electron chi connectivity index (χ1n) is 7.04. The van der Waals surface area contributed by atoms with Crippen LogP contribution in [0.25, 0.3) is 0 Å². The van der Waals surface area contributed by atoms with Gasteiger partial charge in [-0.1, -0.05) is 12.1 Å². The fourth-order valence-electron chi connectivity index (χ4n) is 2.01. The smallest absolute Gasteiger partial charge is 0.255 e. The van der Waals surface area contributed by atoms with E-state index in [1.54, 1.807) is 19.1 Å². The SMILES string of the molecule is CCN(CC(=O)NC(C)C)C(=O)c1ccccc1S(C)(=O)=O. The summed E-state index contributed by atoms with van der Waals surface area (Å²) < 4.78 is 23.6. The lowest BCUT2D eigenvalue weighted by Crippen LogP contribution is -2.42. The summed E-state index contributed by atoms with van der Waals surface area (Å²) in [6.07, 6.45) is 1.06. The molecule has 0 saturated carbocycles. The summed E-state index contributed by atoms with van der Waals surface area (Å²) in [5, 5.41) is 2.71. The molecule has 0 bridgehead atoms. The first-order chi connectivity index (χ1) is 10.2. The topological polar surface area (TPSA) is 83.6 Å². The van der Waals surface area contributed by atoms with Crippen LogP contribution >= 0.6 is 0 Å². The Morgan fingerprint density at radius 2 is 1.82 bits per heavy atom. The highest BCUT2D eigenvalue weighted by Gasteiger charge is 2.23. The number of nitrogens with zero attached hydrogens (tertiary/aromatic N) is 1. The fourth-order valence-corrected chi connectivity index (χ4v) is 2.89. The second-order valence-electron chi connectivity index (χ2n) is 5.31. The quantitative estimate of drug-likeness (QED) is 0.848. The van der Waals surface area contributed by atoms with E-state index in [2.05, 4.69) is 5.32 Å². The summed E-state index contributed by atoms with van der Waals surface area (Å²) in [7, 11) is -3.52. The van der Waals surface area contributed by atoms with Gasteiger partial charge in [0.25, 0.3) is 5.91 Å². The molecule has 7 heteroatoms. The Balaban J connectivity index is 3.06. The van der Waals surface area contributed by atoms with Crippen LogP contribution in [0.5, 0.6) is 0 Å². The van der Waals surface area contributed by atoms with E-state index in [1.807, 2.05) is 13.8 Å². The van der Waals surface area contributed by atoms with Gasteiger partial charge in [0.1, 0.15) is 0 Å². The molecule has 0 aliphatic carbocycles. The molecular weight excluding hydrogens is 304 g/mol. The molecule has 0 fully saturated rings. The van der Waals surface area contributed by atoms with Crippen LogP contribution in [0.1, 0.15) is 31.1 Å². The molecule has 0 radical (unpaired) electrons. The maximum atomic E-state index is 12.5. The lowest BCUT2D eigenvalue weighted by Gasteiger charge is -2.22. The number of sulfone groups is 1. The molecule has 0 aliphatic heterocycles. The molecule has 0 unspecified atom stereocenters. The average molecular weight is 326 g/mol. The van der Waals surface area contributed by atoms with Crippen molar-refractivity contribution in [1.29, 1.82) is 0 Å². The maximum Gasteiger partial charge on any atom is 0.255 e. The summed E-state index contributed by atoms with van der Waals surface area (Å²) >= 11 is 0. The van der Waals surface area contributed by atoms with Crippen molar-refractivity contribution in [2.24, 2.45) is 0 Å². The summed E-state index contributed by atoms with van der Waals surface area (Å²) in [6.45, 7) is 5.60. The highest BCUT2D eigenvalue weighted by atomic mass is 32.2. The van der Waals surface area contributed by atoms with Crippen LogP contribution in [0.15, 0.2) is 29.2 Å². The summed E-state index contributed by atoms with van der Waals surface area (Å²) in [5.41, 5.74) is 0.0872. The zero-order valence-electron chi connectivity index (χ0n) is 13.3. The first kappa shape index (κ1) is 18.2. The molecule has 1 aromatic carbocycles. The average Bonchev–Trinajstić information content (AvgIpc) is 2.42. The van der Waals surface area contributed by atoms with E-state index in [9.17, 15) is 18.0 Å². The van der Waals surface area contributed by atoms with Crippen molar-refractivity contribution >= 4 is 21.7 Å². The number of likely N-dealkylation sites (N-methyl/N-ethyl adjacent to an activating group) is 1. The number of rotatable bonds is 6. The van der Waals surface area contributed by atoms with Crippen LogP contribution in [-0.4, -0.2) is 50.5 Å². The number of nitrogens with one attached hydrogen (secondary N) is 1. The van der Waals surface area contributed by atoms with Crippen LogP contribution in [0, 0.1) is 0 Å². The minimum atomic E-state index is -3.52. The standard InChI is InChI=1S/C15H22N2O4S/c1-5-17(10-14(18)16-11(2)3)15(19)12-8-6-7-9-13(12)22(4,20)21/h6-9,11H,5,10H2,1-4H3,(H,16,18). The number of carbonyl (C=O) groups is 2. The molecule has 0 aromatic heterocycles. The molecule has 1 aromatic rings. The fraction of sp³-hybridized carbons (Fsp3) is 0.467. The zero-order chi connectivity index (χ0) is 16.9. The van der Waals surface area contributed by atoms with Crippen molar-refractivity contribution in [3.05, 3.63) is 29.8 Å². The van der Waals surface area contributed by atoms with Gasteiger partial charge in [-0.15, -0.1) is 0 Å². The van der Waals surface area contributed by atoms with Crippen molar-refractivity contribution in [3.63, 3.8) is 0 Å². The Kier molecular flexibility index (Phi) is 6.11. The summed E-state index contributed by atoms with van der Waals surface area (Å²) in [5.74, 6) is -0.746. The third-order valence-corrected chi connectivity index (χ3v) is 4.12. The molecule has 0 atom stereocenters. The summed E-state index contributed by atoms with van der Waals surface area (Å²) in [6, 6.07) is 6.00. The molecule has 1 rings (SSSR count). The largest absolute Gasteiger partial charge is 0.352 e. The summed E-state index contributed by atoms with van der Waals surface area (Å²) in [4.78, 5) is 25.7. The van der Waals surface area contributed by atoms with Crippen molar-refractivity contribution < 1.29 is 18.0 Å². The molecule has 0 heterocycles. The number of hydrogen-bond acceptors (Lipinski definition) is 4. The molecule has 122 valence electrons. The number of hydrogen-bond donors (Lipinski definition) is 1. The minimum Gasteiger partial charge on any atom is -0.352 e. The van der Waals surface area contributed by atoms with Crippen molar-refractivity contribution in [1.82, 2.24) is 10.2 Å². The van der Waals surface area contributed by atoms with Gasteiger partial charge in [0.05, 0.1) is 17.0 Å². The molecule has 6 nitrogen and oxygen atoms in total. The molecule has 1 N–H and O–H groups in total. The Hall–Kier alpha value is -1.89. The van der Waals surface area contributed by atoms with Crippen LogP contribution < -0.4 is 5.32 Å². The number of amides is 2. The highest BCUT2D eigenvalue weighted by Crippen LogP contribution is 2.17. The Morgan fingerprint density at radius 1 is 1.23 bits per heavy atom. The first-order valence-corrected chi connectivity index (χ1v) is 8.93. The third kappa shape index (κ3) is 4.84. The predicted octanol–water partition coefficient (Wildman–Crippen LogP) is 1.08. The molecule has 22 heavy (non-hydrogen) atoms. The van der Waals surface area contributed by atoms with Gasteiger partial charge in [0, 0.05) is 18.8 Å². The van der Waals surface area contributed by atoms with Gasteiger partial charge in [-0.25, -0.2) is 8.42 Å². The maximum absolute atomic E-state index is 12.5. The van der Waals surface area contributed by atoms with Gasteiger partial charge in [-0.05, 0) is 32.9 Å². The van der Waals surface area contributed by atoms with Crippen LogP contribution in [0.3, 0.4) is 0 Å². The lowest BCUT2D eigenvalue weighted by molar-refractivity contribution is -0.122. The van der Waals surface area contributed by atoms with Crippen molar-refractivity contribution in [2.45, 2.75) is 31.7 Å². The molecule has 0 saturated heterocycles. The molecular formula is C15H22N2O4S. The predicted molar refractivity (Wildman–Crippen MR) is 84.4 cm³/mol. The van der Waals surface area contributed by atoms with E-state index >= 15 is 0 Å². The zero-order valence-corrected chi connectivity index (χ0v) is 14.1. The second-order valence-corrected chi connectivity index (χ2v) is 7.29. The van der Waals surface area contributed by atoms with Gasteiger partial charge >= 0.3 is 0 Å².